The summed E-state index contributed by atoms with van der Waals surface area (Å²) < 4.78 is 20.1. The van der Waals surface area contributed by atoms with E-state index < -0.39 is 41.1 Å². The van der Waals surface area contributed by atoms with E-state index in [1.165, 1.54) is 40.5 Å². The molecular weight excluding hydrogens is 511 g/mol. The molecule has 4 rings (SSSR count). The number of amides is 3. The van der Waals surface area contributed by atoms with Crippen LogP contribution in [0.3, 0.4) is 0 Å². The average molecular weight is 543 g/mol. The van der Waals surface area contributed by atoms with Crippen molar-refractivity contribution in [1.29, 1.82) is 0 Å². The number of benzene rings is 1. The Morgan fingerprint density at radius 2 is 2.00 bits per heavy atom. The highest BCUT2D eigenvalue weighted by Gasteiger charge is 2.60. The molecule has 3 amide bonds. The lowest BCUT2D eigenvalue weighted by Gasteiger charge is -2.50. The molecule has 2 N–H and O–H groups in total. The fraction of sp³-hybridized carbons (Fsp3) is 0.500. The molecule has 1 spiro atoms. The molecule has 12 nitrogen and oxygen atoms in total. The fourth-order valence-electron chi connectivity index (χ4n) is 5.36. The van der Waals surface area contributed by atoms with Crippen LogP contribution in [-0.4, -0.2) is 85.5 Å². The average Bonchev–Trinajstić information content (AvgIpc) is 3.46. The Bertz CT molecular complexity index is 1330. The van der Waals surface area contributed by atoms with Gasteiger partial charge in [0.15, 0.2) is 11.5 Å². The van der Waals surface area contributed by atoms with Crippen molar-refractivity contribution >= 4 is 29.5 Å². The third-order valence-corrected chi connectivity index (χ3v) is 7.38. The van der Waals surface area contributed by atoms with Gasteiger partial charge in [-0.25, -0.2) is 9.07 Å². The number of hydrogen-bond acceptors (Lipinski definition) is 8. The van der Waals surface area contributed by atoms with E-state index in [1.54, 1.807) is 19.1 Å². The van der Waals surface area contributed by atoms with Crippen molar-refractivity contribution in [3.63, 3.8) is 0 Å². The summed E-state index contributed by atoms with van der Waals surface area (Å²) in [5, 5.41) is 8.11. The number of esters is 1. The number of halogens is 1. The Morgan fingerprint density at radius 1 is 1.26 bits per heavy atom. The lowest BCUT2D eigenvalue weighted by molar-refractivity contribution is -0.161. The van der Waals surface area contributed by atoms with Crippen LogP contribution in [-0.2, 0) is 30.5 Å². The summed E-state index contributed by atoms with van der Waals surface area (Å²) in [6.45, 7) is 4.86. The number of hydrogen-bond donors (Lipinski definition) is 1. The minimum Gasteiger partial charge on any atom is -0.462 e. The Labute approximate surface area is 224 Å². The van der Waals surface area contributed by atoms with Gasteiger partial charge < -0.3 is 20.3 Å². The Balaban J connectivity index is 1.41. The molecule has 0 bridgehead atoms. The van der Waals surface area contributed by atoms with Gasteiger partial charge in [0.05, 0.1) is 31.2 Å². The van der Waals surface area contributed by atoms with Gasteiger partial charge in [0, 0.05) is 19.9 Å². The van der Waals surface area contributed by atoms with Crippen molar-refractivity contribution < 1.29 is 33.1 Å². The van der Waals surface area contributed by atoms with E-state index in [4.69, 9.17) is 10.5 Å². The van der Waals surface area contributed by atoms with Crippen molar-refractivity contribution in [3.05, 3.63) is 47.0 Å². The first-order valence-corrected chi connectivity index (χ1v) is 12.7. The molecule has 1 unspecified atom stereocenters. The molecule has 0 aliphatic carbocycles. The SMILES string of the molecule is CC(=O)O[C@H](C)[C@H](CC(=O)CN1CC2(CCCN2C(=O)c2nnn(Cc3cccc(F)c3)c2C)C1=O)C(N)=O. The molecule has 3 atom stereocenters. The summed E-state index contributed by atoms with van der Waals surface area (Å²) in [6.07, 6.45) is -0.106. The van der Waals surface area contributed by atoms with Crippen LogP contribution < -0.4 is 5.73 Å². The van der Waals surface area contributed by atoms with Crippen LogP contribution in [0.5, 0.6) is 0 Å². The molecule has 0 saturated carbocycles. The predicted octanol–water partition coefficient (Wildman–Crippen LogP) is 0.603. The van der Waals surface area contributed by atoms with Gasteiger partial charge in [0.2, 0.25) is 5.91 Å². The number of likely N-dealkylation sites (tertiary alicyclic amines) is 2. The number of aromatic nitrogens is 3. The van der Waals surface area contributed by atoms with E-state index in [0.29, 0.717) is 30.6 Å². The van der Waals surface area contributed by atoms with E-state index in [1.807, 2.05) is 0 Å². The highest BCUT2D eigenvalue weighted by Crippen LogP contribution is 2.40. The number of Topliss-reactive ketones (excluding diaryl/α,β-unsaturated/α-hetero) is 1. The third kappa shape index (κ3) is 5.52. The Hall–Kier alpha value is -4.16. The summed E-state index contributed by atoms with van der Waals surface area (Å²) in [5.41, 5.74) is 5.59. The fourth-order valence-corrected chi connectivity index (χ4v) is 5.36. The van der Waals surface area contributed by atoms with E-state index in [2.05, 4.69) is 10.3 Å². The number of rotatable bonds is 10. The quantitative estimate of drug-likeness (QED) is 0.338. The first kappa shape index (κ1) is 27.9. The minimum atomic E-state index is -1.07. The summed E-state index contributed by atoms with van der Waals surface area (Å²) in [4.78, 5) is 65.3. The number of nitrogens with zero attached hydrogens (tertiary/aromatic N) is 5. The zero-order valence-electron chi connectivity index (χ0n) is 22.1. The van der Waals surface area contributed by atoms with Crippen LogP contribution in [0, 0.1) is 18.7 Å². The molecule has 208 valence electrons. The predicted molar refractivity (Wildman–Crippen MR) is 133 cm³/mol. The van der Waals surface area contributed by atoms with Crippen LogP contribution >= 0.6 is 0 Å². The molecule has 2 aliphatic rings. The molecular formula is C26H31FN6O6. The van der Waals surface area contributed by atoms with E-state index in [-0.39, 0.29) is 43.5 Å². The number of ketones is 1. The van der Waals surface area contributed by atoms with Crippen molar-refractivity contribution in [2.45, 2.75) is 58.2 Å². The standard InChI is InChI=1S/C26H31FN6O6/c1-15-22(29-30-33(15)12-18-6-4-7-19(27)10-18)24(37)32-9-5-8-26(32)14-31(25(26)38)13-20(35)11-21(23(28)36)16(2)39-17(3)34/h4,6-7,10,16,21H,5,8-9,11-14H2,1-3H3,(H2,28,36)/t16-,21+,26?/m1/s1. The molecule has 0 radical (unpaired) electrons. The van der Waals surface area contributed by atoms with Gasteiger partial charge in [-0.05, 0) is 44.4 Å². The van der Waals surface area contributed by atoms with Crippen molar-refractivity contribution in [3.8, 4) is 0 Å². The highest BCUT2D eigenvalue weighted by atomic mass is 19.1. The van der Waals surface area contributed by atoms with Crippen molar-refractivity contribution in [2.24, 2.45) is 11.7 Å². The normalized spacial score (nSPS) is 20.1. The van der Waals surface area contributed by atoms with Crippen LogP contribution in [0.15, 0.2) is 24.3 Å². The number of primary amides is 1. The lowest BCUT2D eigenvalue weighted by atomic mass is 9.84. The van der Waals surface area contributed by atoms with Gasteiger partial charge in [-0.1, -0.05) is 17.3 Å². The summed E-state index contributed by atoms with van der Waals surface area (Å²) >= 11 is 0. The van der Waals surface area contributed by atoms with Gasteiger partial charge in [0.25, 0.3) is 11.8 Å². The van der Waals surface area contributed by atoms with E-state index in [9.17, 15) is 28.4 Å². The molecule has 3 heterocycles. The molecule has 1 aromatic carbocycles. The summed E-state index contributed by atoms with van der Waals surface area (Å²) in [6, 6.07) is 6.05. The van der Waals surface area contributed by atoms with Crippen molar-refractivity contribution in [2.75, 3.05) is 19.6 Å². The first-order valence-electron chi connectivity index (χ1n) is 12.7. The number of carbonyl (C=O) groups is 5. The van der Waals surface area contributed by atoms with Crippen molar-refractivity contribution in [1.82, 2.24) is 24.8 Å². The Morgan fingerprint density at radius 3 is 2.64 bits per heavy atom. The largest absolute Gasteiger partial charge is 0.462 e. The van der Waals surface area contributed by atoms with Crippen LogP contribution in [0.1, 0.15) is 54.9 Å². The summed E-state index contributed by atoms with van der Waals surface area (Å²) in [5.74, 6) is -3.97. The van der Waals surface area contributed by atoms with Gasteiger partial charge in [0.1, 0.15) is 17.5 Å². The molecule has 2 saturated heterocycles. The van der Waals surface area contributed by atoms with Gasteiger partial charge >= 0.3 is 5.97 Å². The zero-order valence-corrected chi connectivity index (χ0v) is 22.1. The molecule has 2 fully saturated rings. The maximum atomic E-state index is 13.6. The maximum Gasteiger partial charge on any atom is 0.302 e. The van der Waals surface area contributed by atoms with Crippen LogP contribution in [0.2, 0.25) is 0 Å². The number of ether oxygens (including phenoxy) is 1. The topological polar surface area (TPSA) is 158 Å². The van der Waals surface area contributed by atoms with E-state index >= 15 is 0 Å². The molecule has 39 heavy (non-hydrogen) atoms. The monoisotopic (exact) mass is 542 g/mol. The number of carbonyl (C=O) groups excluding carboxylic acids is 5. The van der Waals surface area contributed by atoms with E-state index in [0.717, 1.165) is 0 Å². The second kappa shape index (κ2) is 10.9. The van der Waals surface area contributed by atoms with Gasteiger partial charge in [-0.3, -0.25) is 24.0 Å². The second-order valence-corrected chi connectivity index (χ2v) is 10.1. The Kier molecular flexibility index (Phi) is 7.79. The first-order chi connectivity index (χ1) is 18.4. The molecule has 2 aromatic rings. The van der Waals surface area contributed by atoms with Crippen LogP contribution in [0.4, 0.5) is 4.39 Å². The molecule has 1 aromatic heterocycles. The second-order valence-electron chi connectivity index (χ2n) is 10.1. The molecule has 2 aliphatic heterocycles. The third-order valence-electron chi connectivity index (χ3n) is 7.38. The number of nitrogens with two attached hydrogens (primary N) is 1. The smallest absolute Gasteiger partial charge is 0.302 e. The summed E-state index contributed by atoms with van der Waals surface area (Å²) in [7, 11) is 0. The van der Waals surface area contributed by atoms with Gasteiger partial charge in [-0.2, -0.15) is 0 Å². The minimum absolute atomic E-state index is 0.110. The van der Waals surface area contributed by atoms with Gasteiger partial charge in [-0.15, -0.1) is 5.10 Å². The lowest BCUT2D eigenvalue weighted by Crippen LogP contribution is -2.73. The zero-order chi connectivity index (χ0) is 28.5. The molecule has 13 heteroatoms. The maximum absolute atomic E-state index is 13.6. The number of β-lactam (4-membered cyclic amide) rings is 1. The van der Waals surface area contributed by atoms with Crippen LogP contribution in [0.25, 0.3) is 0 Å². The highest BCUT2D eigenvalue weighted by molar-refractivity contribution is 6.03.